The second-order valence-electron chi connectivity index (χ2n) is 4.45. The Morgan fingerprint density at radius 1 is 1.22 bits per heavy atom. The van der Waals surface area contributed by atoms with Gasteiger partial charge in [-0.2, -0.15) is 8.78 Å². The summed E-state index contributed by atoms with van der Waals surface area (Å²) < 4.78 is 28.3. The first-order valence-electron chi connectivity index (χ1n) is 5.69. The topological polar surface area (TPSA) is 37.3 Å². The number of allylic oxidation sites excluding steroid dienone is 4. The van der Waals surface area contributed by atoms with E-state index in [1.54, 1.807) is 12.2 Å². The van der Waals surface area contributed by atoms with Crippen molar-refractivity contribution >= 4 is 11.5 Å². The van der Waals surface area contributed by atoms with Gasteiger partial charge >= 0.3 is 5.97 Å². The Balaban J connectivity index is 2.26. The van der Waals surface area contributed by atoms with Crippen molar-refractivity contribution in [3.63, 3.8) is 0 Å². The monoisotopic (exact) mass is 248 g/mol. The lowest BCUT2D eigenvalue weighted by Gasteiger charge is -2.14. The highest BCUT2D eigenvalue weighted by Crippen LogP contribution is 2.53. The van der Waals surface area contributed by atoms with E-state index in [9.17, 15) is 13.6 Å². The van der Waals surface area contributed by atoms with E-state index in [0.717, 1.165) is 0 Å². The zero-order valence-corrected chi connectivity index (χ0v) is 9.41. The van der Waals surface area contributed by atoms with Crippen LogP contribution >= 0.6 is 0 Å². The molecule has 0 heterocycles. The maximum Gasteiger partial charge on any atom is 0.335 e. The van der Waals surface area contributed by atoms with Gasteiger partial charge in [0.15, 0.2) is 0 Å². The van der Waals surface area contributed by atoms with Crippen molar-refractivity contribution < 1.29 is 18.7 Å². The van der Waals surface area contributed by atoms with Crippen molar-refractivity contribution in [3.8, 4) is 0 Å². The van der Waals surface area contributed by atoms with Gasteiger partial charge in [0.1, 0.15) is 0 Å². The van der Waals surface area contributed by atoms with Crippen LogP contribution in [0.15, 0.2) is 35.9 Å². The van der Waals surface area contributed by atoms with Gasteiger partial charge in [-0.25, -0.2) is 4.79 Å². The summed E-state index contributed by atoms with van der Waals surface area (Å²) in [6, 6.07) is 3.79. The summed E-state index contributed by atoms with van der Waals surface area (Å²) in [4.78, 5) is 10.9. The molecule has 0 saturated heterocycles. The van der Waals surface area contributed by atoms with Gasteiger partial charge in [0.2, 0.25) is 0 Å². The molecule has 0 unspecified atom stereocenters. The minimum Gasteiger partial charge on any atom is -0.478 e. The molecule has 2 aliphatic carbocycles. The summed E-state index contributed by atoms with van der Waals surface area (Å²) >= 11 is 0. The molecule has 0 atom stereocenters. The van der Waals surface area contributed by atoms with E-state index in [1.807, 2.05) is 0 Å². The molecular weight excluding hydrogens is 238 g/mol. The van der Waals surface area contributed by atoms with Crippen molar-refractivity contribution in [2.75, 3.05) is 0 Å². The number of benzene rings is 1. The fraction of sp³-hybridized carbons (Fsp3) is 0.214. The molecule has 1 N–H and O–H groups in total. The molecule has 0 bridgehead atoms. The maximum atomic E-state index is 14.1. The summed E-state index contributed by atoms with van der Waals surface area (Å²) in [6.07, 6.45) is 4.64. The van der Waals surface area contributed by atoms with Gasteiger partial charge in [-0.05, 0) is 36.1 Å². The number of halogens is 2. The number of hydrogen-bond donors (Lipinski definition) is 1. The first-order chi connectivity index (χ1) is 8.51. The van der Waals surface area contributed by atoms with Gasteiger partial charge in [-0.15, -0.1) is 0 Å². The van der Waals surface area contributed by atoms with Gasteiger partial charge in [0, 0.05) is 11.1 Å². The van der Waals surface area contributed by atoms with Crippen molar-refractivity contribution in [1.82, 2.24) is 0 Å². The Labute approximate surface area is 102 Å². The summed E-state index contributed by atoms with van der Waals surface area (Å²) in [5.74, 6) is -4.10. The number of fused-ring (bicyclic) bond motifs is 3. The Hall–Kier alpha value is -1.97. The Kier molecular flexibility index (Phi) is 2.17. The number of hydrogen-bond acceptors (Lipinski definition) is 1. The number of carbonyl (C=O) groups is 1. The molecule has 92 valence electrons. The molecule has 18 heavy (non-hydrogen) atoms. The van der Waals surface area contributed by atoms with Gasteiger partial charge < -0.3 is 5.11 Å². The van der Waals surface area contributed by atoms with Crippen LogP contribution in [0.5, 0.6) is 0 Å². The standard InChI is InChI=1S/C14H10F2O2/c15-14(16)11-4-2-1-3-9(11)10-7-8(13(17)18)5-6-12(10)14/h3-7H,1-2H2,(H,17,18). The highest BCUT2D eigenvalue weighted by Gasteiger charge is 2.47. The SMILES string of the molecule is O=C(O)c1ccc2c(c1)C1=CCCC=C1C2(F)F. The third-order valence-corrected chi connectivity index (χ3v) is 3.39. The first kappa shape index (κ1) is 11.1. The van der Waals surface area contributed by atoms with E-state index >= 15 is 0 Å². The predicted octanol–water partition coefficient (Wildman–Crippen LogP) is 3.59. The largest absolute Gasteiger partial charge is 0.478 e. The van der Waals surface area contributed by atoms with Crippen LogP contribution in [0.3, 0.4) is 0 Å². The molecule has 0 radical (unpaired) electrons. The third kappa shape index (κ3) is 1.35. The van der Waals surface area contributed by atoms with E-state index in [1.165, 1.54) is 18.2 Å². The van der Waals surface area contributed by atoms with E-state index in [2.05, 4.69) is 0 Å². The molecule has 2 nitrogen and oxygen atoms in total. The number of alkyl halides is 2. The quantitative estimate of drug-likeness (QED) is 0.824. The van der Waals surface area contributed by atoms with Gasteiger partial charge in [0.25, 0.3) is 5.92 Å². The summed E-state index contributed by atoms with van der Waals surface area (Å²) in [5.41, 5.74) is 0.811. The van der Waals surface area contributed by atoms with E-state index in [4.69, 9.17) is 5.11 Å². The second kappa shape index (κ2) is 3.51. The lowest BCUT2D eigenvalue weighted by molar-refractivity contribution is 0.0472. The average Bonchev–Trinajstić information content (AvgIpc) is 2.59. The molecule has 1 aromatic rings. The molecule has 3 rings (SSSR count). The molecule has 0 spiro atoms. The highest BCUT2D eigenvalue weighted by molar-refractivity contribution is 5.94. The Morgan fingerprint density at radius 3 is 2.67 bits per heavy atom. The minimum atomic E-state index is -3.00. The zero-order valence-electron chi connectivity index (χ0n) is 9.41. The number of rotatable bonds is 1. The van der Waals surface area contributed by atoms with E-state index < -0.39 is 11.9 Å². The second-order valence-corrected chi connectivity index (χ2v) is 4.45. The molecular formula is C14H10F2O2. The molecule has 0 fully saturated rings. The summed E-state index contributed by atoms with van der Waals surface area (Å²) in [7, 11) is 0. The van der Waals surface area contributed by atoms with Crippen LogP contribution in [0.2, 0.25) is 0 Å². The molecule has 0 aromatic heterocycles. The summed E-state index contributed by atoms with van der Waals surface area (Å²) in [6.45, 7) is 0. The minimum absolute atomic E-state index is 0.0197. The van der Waals surface area contributed by atoms with E-state index in [-0.39, 0.29) is 16.7 Å². The van der Waals surface area contributed by atoms with E-state index in [0.29, 0.717) is 24.0 Å². The van der Waals surface area contributed by atoms with Crippen LogP contribution in [-0.4, -0.2) is 11.1 Å². The molecule has 0 amide bonds. The molecule has 1 aromatic carbocycles. The third-order valence-electron chi connectivity index (χ3n) is 3.39. The number of carboxylic acids is 1. The predicted molar refractivity (Wildman–Crippen MR) is 62.6 cm³/mol. The fourth-order valence-corrected chi connectivity index (χ4v) is 2.55. The summed E-state index contributed by atoms with van der Waals surface area (Å²) in [5, 5.41) is 8.92. The molecule has 4 heteroatoms. The lowest BCUT2D eigenvalue weighted by atomic mass is 9.96. The molecule has 0 aliphatic heterocycles. The van der Waals surface area contributed by atoms with Gasteiger partial charge in [0.05, 0.1) is 5.56 Å². The molecule has 0 saturated carbocycles. The van der Waals surface area contributed by atoms with Crippen molar-refractivity contribution in [3.05, 3.63) is 52.6 Å². The van der Waals surface area contributed by atoms with Crippen LogP contribution < -0.4 is 0 Å². The smallest absolute Gasteiger partial charge is 0.335 e. The van der Waals surface area contributed by atoms with Gasteiger partial charge in [-0.1, -0.05) is 18.2 Å². The molecule has 2 aliphatic rings. The number of aromatic carboxylic acids is 1. The van der Waals surface area contributed by atoms with Gasteiger partial charge in [-0.3, -0.25) is 0 Å². The van der Waals surface area contributed by atoms with Crippen LogP contribution in [0.25, 0.3) is 5.57 Å². The van der Waals surface area contributed by atoms with Crippen molar-refractivity contribution in [1.29, 1.82) is 0 Å². The fourth-order valence-electron chi connectivity index (χ4n) is 2.55. The maximum absolute atomic E-state index is 14.1. The van der Waals surface area contributed by atoms with Crippen LogP contribution in [0.4, 0.5) is 8.78 Å². The Bertz CT molecular complexity index is 612. The highest BCUT2D eigenvalue weighted by atomic mass is 19.3. The van der Waals surface area contributed by atoms with Crippen molar-refractivity contribution in [2.45, 2.75) is 18.8 Å². The lowest BCUT2D eigenvalue weighted by Crippen LogP contribution is -2.12. The van der Waals surface area contributed by atoms with Crippen LogP contribution in [0.1, 0.15) is 34.3 Å². The Morgan fingerprint density at radius 2 is 1.94 bits per heavy atom. The average molecular weight is 248 g/mol. The number of carboxylic acid groups (broad SMARTS) is 1. The normalized spacial score (nSPS) is 19.7. The van der Waals surface area contributed by atoms with Crippen LogP contribution in [-0.2, 0) is 5.92 Å². The zero-order chi connectivity index (χ0) is 12.9. The first-order valence-corrected chi connectivity index (χ1v) is 5.69. The van der Waals surface area contributed by atoms with Crippen molar-refractivity contribution in [2.24, 2.45) is 0 Å². The van der Waals surface area contributed by atoms with Crippen LogP contribution in [0, 0.1) is 0 Å².